The molecule has 3 nitrogen and oxygen atoms in total. The fraction of sp³-hybridized carbons (Fsp3) is 0.231. The molecular formula is C52H40N2O. The molecule has 1 spiro atoms. The van der Waals surface area contributed by atoms with E-state index in [2.05, 4.69) is 133 Å². The Kier molecular flexibility index (Phi) is 6.18. The molecule has 0 N–H and O–H groups in total. The van der Waals surface area contributed by atoms with Crippen LogP contribution < -0.4 is 0 Å². The summed E-state index contributed by atoms with van der Waals surface area (Å²) >= 11 is 0. The molecule has 0 amide bonds. The van der Waals surface area contributed by atoms with Crippen LogP contribution in [0.15, 0.2) is 150 Å². The number of hydrogen-bond acceptors (Lipinski definition) is 3. The predicted octanol–water partition coefficient (Wildman–Crippen LogP) is 13.1. The minimum atomic E-state index is 0.195. The van der Waals surface area contributed by atoms with E-state index < -0.39 is 0 Å². The molecule has 8 aromatic rings. The van der Waals surface area contributed by atoms with Crippen molar-refractivity contribution in [3.05, 3.63) is 162 Å². The topological polar surface area (TPSA) is 38.9 Å². The highest BCUT2D eigenvalue weighted by atomic mass is 16.3. The maximum Gasteiger partial charge on any atom is 0.246 e. The summed E-state index contributed by atoms with van der Waals surface area (Å²) in [6, 6.07) is 46.5. The van der Waals surface area contributed by atoms with Crippen LogP contribution in [0.4, 0.5) is 0 Å². The minimum Gasteiger partial charge on any atom is -0.436 e. The van der Waals surface area contributed by atoms with Gasteiger partial charge in [0.15, 0.2) is 0 Å². The molecule has 4 saturated carbocycles. The summed E-state index contributed by atoms with van der Waals surface area (Å²) in [5.74, 6) is 4.21. The number of fused-ring (bicyclic) bond motifs is 8. The fourth-order valence-electron chi connectivity index (χ4n) is 12.9. The highest BCUT2D eigenvalue weighted by Gasteiger charge is 2.65. The van der Waals surface area contributed by atoms with Crippen molar-refractivity contribution in [3.63, 3.8) is 0 Å². The number of hydrogen-bond donors (Lipinski definition) is 0. The van der Waals surface area contributed by atoms with Gasteiger partial charge >= 0.3 is 0 Å². The number of allylic oxidation sites excluding steroid dienone is 4. The van der Waals surface area contributed by atoms with Crippen molar-refractivity contribution in [1.82, 2.24) is 9.97 Å². The summed E-state index contributed by atoms with van der Waals surface area (Å²) < 4.78 is 6.31. The quantitative estimate of drug-likeness (QED) is 0.183. The molecule has 6 aromatic carbocycles. The van der Waals surface area contributed by atoms with E-state index in [1.165, 1.54) is 64.8 Å². The number of aromatic nitrogens is 2. The fourth-order valence-corrected chi connectivity index (χ4v) is 12.9. The van der Waals surface area contributed by atoms with Crippen LogP contribution in [0.25, 0.3) is 71.8 Å². The summed E-state index contributed by atoms with van der Waals surface area (Å²) in [4.78, 5) is 10.7. The molecule has 55 heavy (non-hydrogen) atoms. The van der Waals surface area contributed by atoms with Gasteiger partial charge in [-0.2, -0.15) is 0 Å². The van der Waals surface area contributed by atoms with Gasteiger partial charge < -0.3 is 4.42 Å². The number of furan rings is 1. The number of para-hydroxylation sites is 1. The summed E-state index contributed by atoms with van der Waals surface area (Å²) in [5, 5.41) is 6.22. The molecule has 3 heteroatoms. The van der Waals surface area contributed by atoms with Crippen molar-refractivity contribution in [2.24, 2.45) is 29.6 Å². The van der Waals surface area contributed by atoms with Crippen molar-refractivity contribution in [3.8, 4) is 22.5 Å². The number of benzene rings is 6. The zero-order valence-electron chi connectivity index (χ0n) is 30.7. The van der Waals surface area contributed by atoms with Crippen molar-refractivity contribution < 1.29 is 4.42 Å². The van der Waals surface area contributed by atoms with E-state index in [9.17, 15) is 0 Å². The van der Waals surface area contributed by atoms with Crippen LogP contribution in [0.5, 0.6) is 0 Å². The van der Waals surface area contributed by atoms with Crippen molar-refractivity contribution in [1.29, 1.82) is 0 Å². The highest BCUT2D eigenvalue weighted by Crippen LogP contribution is 2.71. The molecule has 6 aliphatic rings. The first-order valence-corrected chi connectivity index (χ1v) is 20.4. The maximum absolute atomic E-state index is 6.31. The van der Waals surface area contributed by atoms with Crippen LogP contribution in [0.3, 0.4) is 0 Å². The van der Waals surface area contributed by atoms with E-state index in [1.807, 2.05) is 12.1 Å². The smallest absolute Gasteiger partial charge is 0.246 e. The molecule has 0 aliphatic heterocycles. The molecule has 264 valence electrons. The van der Waals surface area contributed by atoms with Gasteiger partial charge in [-0.3, -0.25) is 0 Å². The first-order chi connectivity index (χ1) is 27.2. The lowest BCUT2D eigenvalue weighted by atomic mass is 9.41. The largest absolute Gasteiger partial charge is 0.436 e. The van der Waals surface area contributed by atoms with Crippen LogP contribution in [0.1, 0.15) is 54.7 Å². The van der Waals surface area contributed by atoms with Gasteiger partial charge in [-0.25, -0.2) is 9.97 Å². The highest BCUT2D eigenvalue weighted by molar-refractivity contribution is 6.08. The first-order valence-electron chi connectivity index (χ1n) is 20.4. The molecule has 4 fully saturated rings. The zero-order valence-corrected chi connectivity index (χ0v) is 30.7. The molecule has 0 radical (unpaired) electrons. The van der Waals surface area contributed by atoms with Crippen LogP contribution in [-0.2, 0) is 5.41 Å². The van der Waals surface area contributed by atoms with Crippen molar-refractivity contribution in [2.75, 3.05) is 0 Å². The van der Waals surface area contributed by atoms with Gasteiger partial charge in [-0.05, 0) is 118 Å². The van der Waals surface area contributed by atoms with Gasteiger partial charge in [0.1, 0.15) is 16.8 Å². The third-order valence-electron chi connectivity index (χ3n) is 14.7. The van der Waals surface area contributed by atoms with E-state index in [1.54, 1.807) is 11.1 Å². The lowest BCUT2D eigenvalue weighted by Crippen LogP contribution is -2.57. The molecule has 6 aliphatic carbocycles. The van der Waals surface area contributed by atoms with Crippen LogP contribution in [-0.4, -0.2) is 9.97 Å². The van der Waals surface area contributed by atoms with Gasteiger partial charge in [0.2, 0.25) is 5.71 Å². The Hall–Kier alpha value is -5.80. The zero-order chi connectivity index (χ0) is 35.8. The van der Waals surface area contributed by atoms with Crippen LogP contribution in [0, 0.1) is 29.6 Å². The molecule has 2 aromatic heterocycles. The average Bonchev–Trinajstić information content (AvgIpc) is 3.73. The summed E-state index contributed by atoms with van der Waals surface area (Å²) in [5.41, 5.74) is 12.1. The summed E-state index contributed by atoms with van der Waals surface area (Å²) in [6.07, 6.45) is 14.9. The Bertz CT molecular complexity index is 2930. The van der Waals surface area contributed by atoms with Gasteiger partial charge in [0, 0.05) is 27.8 Å². The lowest BCUT2D eigenvalue weighted by molar-refractivity contribution is -0.0760. The Morgan fingerprint density at radius 2 is 1.29 bits per heavy atom. The molecule has 0 saturated heterocycles. The van der Waals surface area contributed by atoms with Gasteiger partial charge in [-0.15, -0.1) is 0 Å². The summed E-state index contributed by atoms with van der Waals surface area (Å²) in [7, 11) is 0. The standard InChI is InChI=1S/C52H40N2O/c1-2-10-33(11-3-1)48-49(53-50-41-16-6-7-19-46(41)55-51(50)54-48)42-18-9-15-32-14-8-17-39(47(32)42)36-20-21-40-43-27-34-12-4-5-13-35(34)28-45(43)52(44(40)29-36)37-23-30-22-31(25-37)26-38(52)24-30/h1-21,27-31,37-38,40,44H,22-26H2. The van der Waals surface area contributed by atoms with Crippen molar-refractivity contribution in [2.45, 2.75) is 43.4 Å². The predicted molar refractivity (Wildman–Crippen MR) is 224 cm³/mol. The molecular weight excluding hydrogens is 669 g/mol. The van der Waals surface area contributed by atoms with Gasteiger partial charge in [0.25, 0.3) is 0 Å². The minimum absolute atomic E-state index is 0.195. The van der Waals surface area contributed by atoms with Gasteiger partial charge in [0.05, 0.1) is 5.69 Å². The number of rotatable bonds is 3. The Morgan fingerprint density at radius 3 is 2.09 bits per heavy atom. The van der Waals surface area contributed by atoms with Gasteiger partial charge in [-0.1, -0.05) is 133 Å². The third-order valence-corrected chi connectivity index (χ3v) is 14.7. The third kappa shape index (κ3) is 4.16. The van der Waals surface area contributed by atoms with Crippen LogP contribution >= 0.6 is 0 Å². The monoisotopic (exact) mass is 708 g/mol. The Balaban J connectivity index is 1.04. The van der Waals surface area contributed by atoms with E-state index in [-0.39, 0.29) is 5.41 Å². The Labute approximate surface area is 320 Å². The molecule has 2 atom stereocenters. The first kappa shape index (κ1) is 30.5. The van der Waals surface area contributed by atoms with E-state index >= 15 is 0 Å². The molecule has 2 heterocycles. The summed E-state index contributed by atoms with van der Waals surface area (Å²) in [6.45, 7) is 0. The lowest BCUT2D eigenvalue weighted by Gasteiger charge is -2.63. The second-order valence-electron chi connectivity index (χ2n) is 17.3. The van der Waals surface area contributed by atoms with E-state index in [4.69, 9.17) is 14.4 Å². The van der Waals surface area contributed by atoms with E-state index in [0.29, 0.717) is 17.5 Å². The molecule has 4 bridgehead atoms. The van der Waals surface area contributed by atoms with Crippen molar-refractivity contribution >= 4 is 49.3 Å². The van der Waals surface area contributed by atoms with Crippen LogP contribution in [0.2, 0.25) is 0 Å². The Morgan fingerprint density at radius 1 is 0.600 bits per heavy atom. The molecule has 14 rings (SSSR count). The molecule has 2 unspecified atom stereocenters. The SMILES string of the molecule is C1=CC2c3cc4ccccc4cc3C3(C4CC5CC(C4)CC3C5)C2C=C1c1cccc2cccc(-c3nc4c(nc3-c3ccccc3)oc3ccccc34)c12. The second-order valence-corrected chi connectivity index (χ2v) is 17.3. The second kappa shape index (κ2) is 11.1. The van der Waals surface area contributed by atoms with E-state index in [0.717, 1.165) is 62.7 Å². The number of nitrogens with zero attached hydrogens (tertiary/aromatic N) is 2. The maximum atomic E-state index is 6.31. The average molecular weight is 709 g/mol. The normalized spacial score (nSPS) is 27.4.